The Morgan fingerprint density at radius 3 is 2.96 bits per heavy atom. The molecule has 3 rings (SSSR count). The molecule has 0 atom stereocenters. The predicted molar refractivity (Wildman–Crippen MR) is 90.0 cm³/mol. The van der Waals surface area contributed by atoms with Crippen LogP contribution < -0.4 is 10.1 Å². The lowest BCUT2D eigenvalue weighted by atomic mass is 10.1. The molecule has 0 aliphatic carbocycles. The topological polar surface area (TPSA) is 84.8 Å². The molecule has 0 spiro atoms. The number of nitrogens with one attached hydrogen (secondary N) is 2. The van der Waals surface area contributed by atoms with Crippen LogP contribution in [0.2, 0.25) is 5.02 Å². The first kappa shape index (κ1) is 16.1. The molecule has 0 bridgehead atoms. The van der Waals surface area contributed by atoms with Crippen molar-refractivity contribution in [2.75, 3.05) is 7.11 Å². The quantitative estimate of drug-likeness (QED) is 0.743. The Bertz CT molecular complexity index is 851. The molecule has 2 heterocycles. The Morgan fingerprint density at radius 1 is 1.42 bits per heavy atom. The van der Waals surface area contributed by atoms with Gasteiger partial charge in [0.2, 0.25) is 0 Å². The van der Waals surface area contributed by atoms with Crippen molar-refractivity contribution in [3.8, 4) is 17.0 Å². The normalized spacial score (nSPS) is 10.6. The molecule has 0 radical (unpaired) electrons. The van der Waals surface area contributed by atoms with E-state index in [0.29, 0.717) is 16.4 Å². The van der Waals surface area contributed by atoms with Gasteiger partial charge in [-0.2, -0.15) is 10.2 Å². The number of nitrogens with zero attached hydrogens (tertiary/aromatic N) is 3. The number of hydrogen-bond donors (Lipinski definition) is 2. The lowest BCUT2D eigenvalue weighted by molar-refractivity contribution is 0.0945. The largest absolute Gasteiger partial charge is 0.497 e. The van der Waals surface area contributed by atoms with Crippen molar-refractivity contribution in [1.29, 1.82) is 0 Å². The molecule has 0 saturated heterocycles. The van der Waals surface area contributed by atoms with Crippen LogP contribution in [0.1, 0.15) is 16.2 Å². The van der Waals surface area contributed by atoms with Crippen molar-refractivity contribution in [2.45, 2.75) is 6.54 Å². The lowest BCUT2D eigenvalue weighted by Crippen LogP contribution is -2.24. The summed E-state index contributed by atoms with van der Waals surface area (Å²) in [5, 5.41) is 14.3. The average Bonchev–Trinajstić information content (AvgIpc) is 3.21. The Balaban J connectivity index is 1.71. The fourth-order valence-corrected chi connectivity index (χ4v) is 2.50. The van der Waals surface area contributed by atoms with E-state index in [-0.39, 0.29) is 12.5 Å². The first-order valence-corrected chi connectivity index (χ1v) is 7.60. The highest BCUT2D eigenvalue weighted by Gasteiger charge is 2.13. The fraction of sp³-hybridized carbons (Fsp3) is 0.188. The number of halogens is 1. The van der Waals surface area contributed by atoms with Gasteiger partial charge in [0, 0.05) is 12.6 Å². The molecular formula is C16H16ClN5O2. The third kappa shape index (κ3) is 3.26. The summed E-state index contributed by atoms with van der Waals surface area (Å²) < 4.78 is 6.82. The number of aryl methyl sites for hydroxylation is 1. The van der Waals surface area contributed by atoms with Gasteiger partial charge in [0.15, 0.2) is 0 Å². The minimum absolute atomic E-state index is 0.270. The molecule has 8 heteroatoms. The maximum Gasteiger partial charge on any atom is 0.269 e. The first-order valence-electron chi connectivity index (χ1n) is 7.23. The van der Waals surface area contributed by atoms with Gasteiger partial charge in [0.1, 0.15) is 11.4 Å². The number of ether oxygens (including phenoxy) is 1. The molecule has 1 amide bonds. The number of benzene rings is 1. The van der Waals surface area contributed by atoms with Gasteiger partial charge in [0.05, 0.1) is 36.3 Å². The second-order valence-corrected chi connectivity index (χ2v) is 5.55. The van der Waals surface area contributed by atoms with Crippen LogP contribution in [0, 0.1) is 0 Å². The van der Waals surface area contributed by atoms with E-state index in [9.17, 15) is 4.79 Å². The SMILES string of the molecule is COc1cccc(-c2cc(C(=O)NCc3c(Cl)cnn3C)[nH]n2)c1. The molecule has 1 aromatic carbocycles. The zero-order valence-corrected chi connectivity index (χ0v) is 14.0. The van der Waals surface area contributed by atoms with E-state index >= 15 is 0 Å². The van der Waals surface area contributed by atoms with Gasteiger partial charge in [-0.3, -0.25) is 14.6 Å². The Labute approximate surface area is 143 Å². The molecule has 2 N–H and O–H groups in total. The molecule has 0 unspecified atom stereocenters. The van der Waals surface area contributed by atoms with Crippen LogP contribution in [0.3, 0.4) is 0 Å². The number of H-pyrrole nitrogens is 1. The molecule has 124 valence electrons. The van der Waals surface area contributed by atoms with Gasteiger partial charge in [-0.05, 0) is 18.2 Å². The van der Waals surface area contributed by atoms with E-state index in [2.05, 4.69) is 20.6 Å². The molecule has 0 saturated carbocycles. The zero-order valence-electron chi connectivity index (χ0n) is 13.2. The number of methoxy groups -OCH3 is 1. The molecule has 3 aromatic rings. The number of amides is 1. The Morgan fingerprint density at radius 2 is 2.25 bits per heavy atom. The van der Waals surface area contributed by atoms with Gasteiger partial charge >= 0.3 is 0 Å². The predicted octanol–water partition coefficient (Wildman–Crippen LogP) is 2.40. The molecule has 0 aliphatic heterocycles. The smallest absolute Gasteiger partial charge is 0.269 e. The van der Waals surface area contributed by atoms with E-state index in [0.717, 1.165) is 17.0 Å². The van der Waals surface area contributed by atoms with Crippen molar-refractivity contribution in [3.63, 3.8) is 0 Å². The third-order valence-corrected chi connectivity index (χ3v) is 3.93. The number of hydrogen-bond acceptors (Lipinski definition) is 4. The highest BCUT2D eigenvalue weighted by Crippen LogP contribution is 2.22. The maximum atomic E-state index is 12.3. The summed E-state index contributed by atoms with van der Waals surface area (Å²) in [7, 11) is 3.37. The van der Waals surface area contributed by atoms with Crippen molar-refractivity contribution in [1.82, 2.24) is 25.3 Å². The van der Waals surface area contributed by atoms with Crippen LogP contribution in [0.4, 0.5) is 0 Å². The number of aromatic nitrogens is 4. The lowest BCUT2D eigenvalue weighted by Gasteiger charge is -2.04. The summed E-state index contributed by atoms with van der Waals surface area (Å²) in [4.78, 5) is 12.3. The van der Waals surface area contributed by atoms with Crippen LogP contribution >= 0.6 is 11.6 Å². The van der Waals surface area contributed by atoms with Gasteiger partial charge in [-0.25, -0.2) is 0 Å². The van der Waals surface area contributed by atoms with Crippen molar-refractivity contribution < 1.29 is 9.53 Å². The fourth-order valence-electron chi connectivity index (χ4n) is 2.26. The standard InChI is InChI=1S/C16H16ClN5O2/c1-22-15(12(17)8-19-22)9-18-16(23)14-7-13(20-21-14)10-4-3-5-11(6-10)24-2/h3-8H,9H2,1-2H3,(H,18,23)(H,20,21). The van der Waals surface area contributed by atoms with Crippen LogP contribution in [0.15, 0.2) is 36.5 Å². The maximum absolute atomic E-state index is 12.3. The Kier molecular flexibility index (Phi) is 4.52. The van der Waals surface area contributed by atoms with E-state index < -0.39 is 0 Å². The third-order valence-electron chi connectivity index (χ3n) is 3.61. The summed E-state index contributed by atoms with van der Waals surface area (Å²) in [6.07, 6.45) is 1.54. The molecule has 24 heavy (non-hydrogen) atoms. The van der Waals surface area contributed by atoms with Crippen LogP contribution in [0.25, 0.3) is 11.3 Å². The summed E-state index contributed by atoms with van der Waals surface area (Å²) >= 11 is 6.02. The summed E-state index contributed by atoms with van der Waals surface area (Å²) in [5.41, 5.74) is 2.63. The zero-order chi connectivity index (χ0) is 17.1. The summed E-state index contributed by atoms with van der Waals surface area (Å²) in [5.74, 6) is 0.460. The molecule has 7 nitrogen and oxygen atoms in total. The van der Waals surface area contributed by atoms with Crippen molar-refractivity contribution >= 4 is 17.5 Å². The summed E-state index contributed by atoms with van der Waals surface area (Å²) in [6, 6.07) is 9.16. The van der Waals surface area contributed by atoms with Crippen molar-refractivity contribution in [3.05, 3.63) is 52.9 Å². The number of aromatic amines is 1. The second-order valence-electron chi connectivity index (χ2n) is 5.14. The van der Waals surface area contributed by atoms with E-state index in [1.165, 1.54) is 0 Å². The van der Waals surface area contributed by atoms with Crippen LogP contribution in [-0.4, -0.2) is 33.0 Å². The average molecular weight is 346 g/mol. The molecule has 2 aromatic heterocycles. The molecular weight excluding hydrogens is 330 g/mol. The van der Waals surface area contributed by atoms with Gasteiger partial charge in [-0.15, -0.1) is 0 Å². The van der Waals surface area contributed by atoms with Crippen LogP contribution in [0.5, 0.6) is 5.75 Å². The minimum Gasteiger partial charge on any atom is -0.497 e. The second kappa shape index (κ2) is 6.76. The number of rotatable bonds is 5. The van der Waals surface area contributed by atoms with E-state index in [4.69, 9.17) is 16.3 Å². The minimum atomic E-state index is -0.270. The summed E-state index contributed by atoms with van der Waals surface area (Å²) in [6.45, 7) is 0.279. The van der Waals surface area contributed by atoms with E-state index in [1.54, 1.807) is 31.1 Å². The molecule has 0 aliphatic rings. The van der Waals surface area contributed by atoms with Crippen LogP contribution in [-0.2, 0) is 13.6 Å². The highest BCUT2D eigenvalue weighted by molar-refractivity contribution is 6.31. The number of carbonyl (C=O) groups is 1. The highest BCUT2D eigenvalue weighted by atomic mass is 35.5. The number of carbonyl (C=O) groups excluding carboxylic acids is 1. The van der Waals surface area contributed by atoms with Crippen molar-refractivity contribution in [2.24, 2.45) is 7.05 Å². The van der Waals surface area contributed by atoms with Gasteiger partial charge in [-0.1, -0.05) is 23.7 Å². The monoisotopic (exact) mass is 345 g/mol. The Hall–Kier alpha value is -2.80. The van der Waals surface area contributed by atoms with Gasteiger partial charge < -0.3 is 10.1 Å². The first-order chi connectivity index (χ1) is 11.6. The van der Waals surface area contributed by atoms with E-state index in [1.807, 2.05) is 24.3 Å². The van der Waals surface area contributed by atoms with Gasteiger partial charge in [0.25, 0.3) is 5.91 Å². The molecule has 0 fully saturated rings.